The number of aliphatic carboxylic acids is 1. The van der Waals surface area contributed by atoms with Crippen LogP contribution in [0.4, 0.5) is 13.2 Å². The zero-order valence-electron chi connectivity index (χ0n) is 23.0. The molecule has 1 aliphatic heterocycles. The Kier molecular flexibility index (Phi) is 10.6. The van der Waals surface area contributed by atoms with Crippen molar-refractivity contribution in [2.45, 2.75) is 52.3 Å². The highest BCUT2D eigenvalue weighted by atomic mass is 32.2. The number of aromatic nitrogens is 1. The fourth-order valence-electron chi connectivity index (χ4n) is 4.68. The normalized spacial score (nSPS) is 15.2. The predicted molar refractivity (Wildman–Crippen MR) is 153 cm³/mol. The van der Waals surface area contributed by atoms with Crippen LogP contribution in [-0.4, -0.2) is 66.3 Å². The monoisotopic (exact) mass is 616 g/mol. The number of nitrogens with two attached hydrogens (primary N) is 1. The number of carboxylic acid groups (broad SMARTS) is 1. The summed E-state index contributed by atoms with van der Waals surface area (Å²) >= 11 is 1.66. The fraction of sp³-hybridized carbons (Fsp3) is 0.481. The van der Waals surface area contributed by atoms with Gasteiger partial charge in [0.05, 0.1) is 16.8 Å². The Labute approximate surface area is 241 Å². The van der Waals surface area contributed by atoms with Crippen LogP contribution in [0.1, 0.15) is 61.0 Å². The number of benzene rings is 1. The second-order valence-corrected chi connectivity index (χ2v) is 13.4. The number of alkyl halides is 3. The number of nitrogens with zero attached hydrogens (tertiary/aromatic N) is 1. The molecule has 0 aliphatic carbocycles. The number of amides is 1. The van der Waals surface area contributed by atoms with Crippen LogP contribution < -0.4 is 11.1 Å². The van der Waals surface area contributed by atoms with Crippen LogP contribution in [0.2, 0.25) is 0 Å². The van der Waals surface area contributed by atoms with Crippen molar-refractivity contribution in [1.29, 1.82) is 0 Å². The molecule has 41 heavy (non-hydrogen) atoms. The second kappa shape index (κ2) is 13.4. The van der Waals surface area contributed by atoms with E-state index in [1.54, 1.807) is 22.6 Å². The number of sulfonamides is 1. The van der Waals surface area contributed by atoms with Crippen LogP contribution in [-0.2, 0) is 21.4 Å². The third-order valence-electron chi connectivity index (χ3n) is 6.80. The van der Waals surface area contributed by atoms with E-state index in [1.807, 2.05) is 12.3 Å². The van der Waals surface area contributed by atoms with E-state index in [4.69, 9.17) is 15.6 Å². The van der Waals surface area contributed by atoms with Gasteiger partial charge < -0.3 is 21.1 Å². The number of thiophene rings is 1. The maximum atomic E-state index is 12.3. The molecule has 0 radical (unpaired) electrons. The van der Waals surface area contributed by atoms with E-state index in [0.717, 1.165) is 52.8 Å². The van der Waals surface area contributed by atoms with Gasteiger partial charge in [0, 0.05) is 36.1 Å². The fourth-order valence-corrected chi connectivity index (χ4v) is 6.72. The van der Waals surface area contributed by atoms with Crippen molar-refractivity contribution < 1.29 is 36.3 Å². The molecule has 226 valence electrons. The number of aromatic amines is 1. The number of H-pyrrole nitrogens is 1. The van der Waals surface area contributed by atoms with Gasteiger partial charge in [-0.3, -0.25) is 4.79 Å². The molecule has 5 N–H and O–H groups in total. The van der Waals surface area contributed by atoms with Gasteiger partial charge >= 0.3 is 12.1 Å². The van der Waals surface area contributed by atoms with Crippen LogP contribution in [0.15, 0.2) is 29.8 Å². The first-order valence-electron chi connectivity index (χ1n) is 13.1. The predicted octanol–water partition coefficient (Wildman–Crippen LogP) is 4.90. The quantitative estimate of drug-likeness (QED) is 0.269. The van der Waals surface area contributed by atoms with Gasteiger partial charge in [0.15, 0.2) is 0 Å². The average molecular weight is 617 g/mol. The van der Waals surface area contributed by atoms with E-state index < -0.39 is 28.1 Å². The zero-order chi connectivity index (χ0) is 30.5. The van der Waals surface area contributed by atoms with Crippen molar-refractivity contribution in [3.63, 3.8) is 0 Å². The maximum Gasteiger partial charge on any atom is 0.490 e. The lowest BCUT2D eigenvalue weighted by Crippen LogP contribution is -2.38. The molecular weight excluding hydrogens is 581 g/mol. The highest BCUT2D eigenvalue weighted by Crippen LogP contribution is 2.38. The minimum Gasteiger partial charge on any atom is -0.475 e. The number of piperidine rings is 1. The molecule has 0 unspecified atom stereocenters. The molecule has 1 saturated heterocycles. The summed E-state index contributed by atoms with van der Waals surface area (Å²) in [7, 11) is -3.17. The Bertz CT molecular complexity index is 1470. The van der Waals surface area contributed by atoms with Crippen molar-refractivity contribution in [2.24, 2.45) is 11.7 Å². The number of carbonyl (C=O) groups excluding carboxylic acids is 1. The molecule has 1 amide bonds. The Morgan fingerprint density at radius 2 is 1.85 bits per heavy atom. The summed E-state index contributed by atoms with van der Waals surface area (Å²) in [5, 5.41) is 13.7. The van der Waals surface area contributed by atoms with Crippen molar-refractivity contribution in [1.82, 2.24) is 14.6 Å². The number of hydrogen-bond donors (Lipinski definition) is 4. The lowest BCUT2D eigenvalue weighted by molar-refractivity contribution is -0.192. The molecule has 3 aromatic rings. The summed E-state index contributed by atoms with van der Waals surface area (Å²) < 4.78 is 57.8. The Balaban J connectivity index is 0.000000587. The van der Waals surface area contributed by atoms with E-state index in [-0.39, 0.29) is 11.7 Å². The zero-order valence-corrected chi connectivity index (χ0v) is 24.7. The topological polar surface area (TPSA) is 146 Å². The maximum absolute atomic E-state index is 12.3. The molecule has 3 heterocycles. The molecule has 0 saturated carbocycles. The average Bonchev–Trinajstić information content (AvgIpc) is 3.55. The molecule has 4 rings (SSSR count). The number of nitrogens with one attached hydrogen (secondary N) is 2. The lowest BCUT2D eigenvalue weighted by Gasteiger charge is -2.31. The molecule has 9 nitrogen and oxygen atoms in total. The number of carbonyl (C=O) groups is 2. The van der Waals surface area contributed by atoms with Crippen molar-refractivity contribution in [3.8, 4) is 10.4 Å². The second-order valence-electron chi connectivity index (χ2n) is 10.3. The molecule has 1 aromatic carbocycles. The summed E-state index contributed by atoms with van der Waals surface area (Å²) in [4.78, 5) is 25.6. The standard InChI is InChI=1S/C25H34N4O3S2.C2HF3O2/c1-4-34(31,32)29-7-5-18(6-8-29)22-14-28-24-20(22)10-19(11-21(24)25(26)30)23-9-17(15-33-23)13-27-12-16(2)3;3-2(4,5)1(6)7/h9-11,14-16,18,27-28H,4-8,12-13H2,1-3H3,(H2,26,30);(H,6,7). The Hall–Kier alpha value is -2.94. The minimum atomic E-state index is -5.08. The molecule has 0 bridgehead atoms. The van der Waals surface area contributed by atoms with Gasteiger partial charge in [-0.1, -0.05) is 13.8 Å². The van der Waals surface area contributed by atoms with E-state index in [0.29, 0.717) is 24.6 Å². The smallest absolute Gasteiger partial charge is 0.475 e. The molecule has 1 aliphatic rings. The molecule has 0 atom stereocenters. The molecule has 2 aromatic heterocycles. The van der Waals surface area contributed by atoms with Gasteiger partial charge in [0.2, 0.25) is 10.0 Å². The van der Waals surface area contributed by atoms with E-state index >= 15 is 0 Å². The van der Waals surface area contributed by atoms with Crippen molar-refractivity contribution in [3.05, 3.63) is 46.5 Å². The highest BCUT2D eigenvalue weighted by Gasteiger charge is 2.38. The molecule has 14 heteroatoms. The largest absolute Gasteiger partial charge is 0.490 e. The summed E-state index contributed by atoms with van der Waals surface area (Å²) in [6, 6.07) is 6.18. The van der Waals surface area contributed by atoms with Gasteiger partial charge in [-0.25, -0.2) is 17.5 Å². The van der Waals surface area contributed by atoms with Crippen LogP contribution in [0.5, 0.6) is 0 Å². The van der Waals surface area contributed by atoms with E-state index in [1.165, 1.54) is 5.56 Å². The number of fused-ring (bicyclic) bond motifs is 1. The minimum absolute atomic E-state index is 0.131. The van der Waals surface area contributed by atoms with E-state index in [9.17, 15) is 26.4 Å². The SMILES string of the molecule is CCS(=O)(=O)N1CCC(c2c[nH]c3c(C(N)=O)cc(-c4cc(CNCC(C)C)cs4)cc23)CC1.O=C(O)C(F)(F)F. The van der Waals surface area contributed by atoms with Gasteiger partial charge in [-0.15, -0.1) is 11.3 Å². The first-order valence-corrected chi connectivity index (χ1v) is 15.6. The van der Waals surface area contributed by atoms with Gasteiger partial charge in [0.1, 0.15) is 0 Å². The van der Waals surface area contributed by atoms with Crippen LogP contribution in [0.25, 0.3) is 21.3 Å². The van der Waals surface area contributed by atoms with Gasteiger partial charge in [0.25, 0.3) is 5.91 Å². The van der Waals surface area contributed by atoms with Crippen molar-refractivity contribution in [2.75, 3.05) is 25.4 Å². The third kappa shape index (κ3) is 8.31. The first kappa shape index (κ1) is 32.6. The Morgan fingerprint density at radius 1 is 1.22 bits per heavy atom. The molecule has 0 spiro atoms. The molecule has 1 fully saturated rings. The summed E-state index contributed by atoms with van der Waals surface area (Å²) in [5.41, 5.74) is 10.3. The Morgan fingerprint density at radius 3 is 2.39 bits per heavy atom. The van der Waals surface area contributed by atoms with Crippen LogP contribution in [0.3, 0.4) is 0 Å². The van der Waals surface area contributed by atoms with Crippen LogP contribution in [0, 0.1) is 5.92 Å². The number of carboxylic acids is 1. The third-order valence-corrected chi connectivity index (χ3v) is 9.71. The van der Waals surface area contributed by atoms with Gasteiger partial charge in [-0.05, 0) is 78.4 Å². The summed E-state index contributed by atoms with van der Waals surface area (Å²) in [6.45, 7) is 8.88. The van der Waals surface area contributed by atoms with E-state index in [2.05, 4.69) is 41.7 Å². The number of primary amides is 1. The van der Waals surface area contributed by atoms with Crippen molar-refractivity contribution >= 4 is 44.1 Å². The number of halogens is 3. The van der Waals surface area contributed by atoms with Crippen LogP contribution >= 0.6 is 11.3 Å². The summed E-state index contributed by atoms with van der Waals surface area (Å²) in [5.74, 6) is -2.26. The molecular formula is C27H35F3N4O5S2. The number of hydrogen-bond acceptors (Lipinski definition) is 6. The number of rotatable bonds is 9. The summed E-state index contributed by atoms with van der Waals surface area (Å²) in [6.07, 6.45) is -1.61. The lowest BCUT2D eigenvalue weighted by atomic mass is 9.89. The first-order chi connectivity index (χ1) is 19.1. The van der Waals surface area contributed by atoms with Gasteiger partial charge in [-0.2, -0.15) is 13.2 Å². The highest BCUT2D eigenvalue weighted by molar-refractivity contribution is 7.89.